The minimum absolute atomic E-state index is 0.144. The zero-order valence-corrected chi connectivity index (χ0v) is 17.1. The van der Waals surface area contributed by atoms with Crippen LogP contribution in [-0.2, 0) is 17.9 Å². The topological polar surface area (TPSA) is 66.0 Å². The van der Waals surface area contributed by atoms with E-state index in [1.54, 1.807) is 30.1 Å². The third kappa shape index (κ3) is 5.68. The number of hydrogen-bond donors (Lipinski definition) is 2. The molecule has 1 fully saturated rings. The van der Waals surface area contributed by atoms with Crippen LogP contribution in [0.1, 0.15) is 29.5 Å². The Balaban J connectivity index is 1.55. The van der Waals surface area contributed by atoms with E-state index < -0.39 is 6.61 Å². The van der Waals surface area contributed by atoms with Gasteiger partial charge in [0, 0.05) is 44.4 Å². The lowest BCUT2D eigenvalue weighted by Crippen LogP contribution is -2.36. The number of anilines is 1. The van der Waals surface area contributed by atoms with Gasteiger partial charge in [-0.1, -0.05) is 29.8 Å². The van der Waals surface area contributed by atoms with Gasteiger partial charge in [0.15, 0.2) is 5.96 Å². The molecule has 8 heteroatoms. The van der Waals surface area contributed by atoms with Crippen LogP contribution in [0.25, 0.3) is 0 Å². The molecule has 30 heavy (non-hydrogen) atoms. The van der Waals surface area contributed by atoms with Crippen LogP contribution in [0.3, 0.4) is 0 Å². The van der Waals surface area contributed by atoms with E-state index in [-0.39, 0.29) is 11.7 Å². The summed E-state index contributed by atoms with van der Waals surface area (Å²) < 4.78 is 29.8. The van der Waals surface area contributed by atoms with Crippen LogP contribution in [0.5, 0.6) is 5.75 Å². The molecule has 160 valence electrons. The molecular weight excluding hydrogens is 390 g/mol. The fraction of sp³-hybridized carbons (Fsp3) is 0.364. The summed E-state index contributed by atoms with van der Waals surface area (Å²) in [4.78, 5) is 17.8. The molecule has 0 bridgehead atoms. The van der Waals surface area contributed by atoms with Gasteiger partial charge >= 0.3 is 6.61 Å². The number of nitrogens with zero attached hydrogens (tertiary/aromatic N) is 2. The van der Waals surface area contributed by atoms with Gasteiger partial charge in [-0.15, -0.1) is 0 Å². The van der Waals surface area contributed by atoms with Gasteiger partial charge in [0.05, 0.1) is 0 Å². The summed E-state index contributed by atoms with van der Waals surface area (Å²) in [5, 5.41) is 6.32. The second-order valence-electron chi connectivity index (χ2n) is 7.08. The number of aliphatic imine (C=N–C) groups is 1. The predicted octanol–water partition coefficient (Wildman–Crippen LogP) is 3.59. The average molecular weight is 416 g/mol. The van der Waals surface area contributed by atoms with Gasteiger partial charge in [-0.3, -0.25) is 9.79 Å². The Morgan fingerprint density at radius 3 is 2.53 bits per heavy atom. The van der Waals surface area contributed by atoms with Crippen molar-refractivity contribution in [2.45, 2.75) is 39.5 Å². The maximum atomic E-state index is 12.6. The van der Waals surface area contributed by atoms with E-state index in [4.69, 9.17) is 0 Å². The molecule has 0 spiro atoms. The van der Waals surface area contributed by atoms with Crippen molar-refractivity contribution >= 4 is 17.6 Å². The molecule has 1 heterocycles. The number of nitrogens with one attached hydrogen (secondary N) is 2. The first-order chi connectivity index (χ1) is 14.5. The maximum Gasteiger partial charge on any atom is 0.387 e. The summed E-state index contributed by atoms with van der Waals surface area (Å²) in [6.07, 6.45) is 1.51. The number of amides is 1. The van der Waals surface area contributed by atoms with Crippen LogP contribution < -0.4 is 20.3 Å². The van der Waals surface area contributed by atoms with Gasteiger partial charge in [-0.2, -0.15) is 8.78 Å². The summed E-state index contributed by atoms with van der Waals surface area (Å²) in [6.45, 7) is 0.607. The summed E-state index contributed by atoms with van der Waals surface area (Å²) in [7, 11) is 1.64. The molecule has 2 aromatic rings. The number of carbonyl (C=O) groups excluding carboxylic acids is 1. The Morgan fingerprint density at radius 1 is 1.17 bits per heavy atom. The lowest BCUT2D eigenvalue weighted by Gasteiger charge is -2.17. The Kier molecular flexibility index (Phi) is 7.21. The molecular formula is C22H26F2N4O2. The quantitative estimate of drug-likeness (QED) is 0.535. The van der Waals surface area contributed by atoms with Crippen molar-refractivity contribution in [2.75, 3.05) is 18.5 Å². The van der Waals surface area contributed by atoms with Crippen molar-refractivity contribution in [3.05, 3.63) is 59.2 Å². The van der Waals surface area contributed by atoms with Crippen LogP contribution in [0.4, 0.5) is 14.5 Å². The van der Waals surface area contributed by atoms with E-state index in [1.165, 1.54) is 0 Å². The van der Waals surface area contributed by atoms with E-state index in [0.717, 1.165) is 29.8 Å². The number of guanidine groups is 1. The summed E-state index contributed by atoms with van der Waals surface area (Å²) >= 11 is 0. The summed E-state index contributed by atoms with van der Waals surface area (Å²) in [6, 6.07) is 12.9. The molecule has 0 radical (unpaired) electrons. The Hall–Kier alpha value is -3.16. The van der Waals surface area contributed by atoms with Gasteiger partial charge in [0.1, 0.15) is 5.75 Å². The third-order valence-corrected chi connectivity index (χ3v) is 4.88. The van der Waals surface area contributed by atoms with E-state index in [0.29, 0.717) is 31.0 Å². The Bertz CT molecular complexity index is 901. The van der Waals surface area contributed by atoms with Crippen LogP contribution in [0, 0.1) is 6.92 Å². The SMILES string of the molecule is CN=C(NCc1ccc(N2CCCC2=O)cc1)NCc1cc(C)ccc1OC(F)F. The molecule has 1 aliphatic rings. The van der Waals surface area contributed by atoms with E-state index in [1.807, 2.05) is 31.2 Å². The predicted molar refractivity (Wildman–Crippen MR) is 113 cm³/mol. The second-order valence-corrected chi connectivity index (χ2v) is 7.08. The molecule has 2 aromatic carbocycles. The van der Waals surface area contributed by atoms with Gasteiger partial charge in [0.2, 0.25) is 5.91 Å². The minimum Gasteiger partial charge on any atom is -0.434 e. The maximum absolute atomic E-state index is 12.6. The van der Waals surface area contributed by atoms with Gasteiger partial charge in [-0.25, -0.2) is 0 Å². The first kappa shape index (κ1) is 21.5. The van der Waals surface area contributed by atoms with Crippen molar-refractivity contribution in [1.29, 1.82) is 0 Å². The molecule has 1 aliphatic heterocycles. The highest BCUT2D eigenvalue weighted by Crippen LogP contribution is 2.23. The monoisotopic (exact) mass is 416 g/mol. The molecule has 1 amide bonds. The summed E-state index contributed by atoms with van der Waals surface area (Å²) in [5.74, 6) is 0.848. The van der Waals surface area contributed by atoms with Crippen molar-refractivity contribution in [3.8, 4) is 5.75 Å². The molecule has 0 atom stereocenters. The molecule has 6 nitrogen and oxygen atoms in total. The first-order valence-corrected chi connectivity index (χ1v) is 9.84. The third-order valence-electron chi connectivity index (χ3n) is 4.88. The van der Waals surface area contributed by atoms with Crippen molar-refractivity contribution < 1.29 is 18.3 Å². The lowest BCUT2D eigenvalue weighted by atomic mass is 10.1. The van der Waals surface area contributed by atoms with Gasteiger partial charge in [-0.05, 0) is 37.1 Å². The van der Waals surface area contributed by atoms with Crippen molar-refractivity contribution in [3.63, 3.8) is 0 Å². The number of carbonyl (C=O) groups is 1. The van der Waals surface area contributed by atoms with Crippen molar-refractivity contribution in [2.24, 2.45) is 4.99 Å². The highest BCUT2D eigenvalue weighted by atomic mass is 19.3. The van der Waals surface area contributed by atoms with Crippen LogP contribution in [0.2, 0.25) is 0 Å². The fourth-order valence-electron chi connectivity index (χ4n) is 3.36. The number of benzene rings is 2. The van der Waals surface area contributed by atoms with E-state index >= 15 is 0 Å². The van der Waals surface area contributed by atoms with E-state index in [9.17, 15) is 13.6 Å². The zero-order chi connectivity index (χ0) is 21.5. The fourth-order valence-corrected chi connectivity index (χ4v) is 3.36. The zero-order valence-electron chi connectivity index (χ0n) is 17.1. The second kappa shape index (κ2) is 10.0. The molecule has 0 saturated carbocycles. The standard InChI is InChI=1S/C22H26F2N4O2/c1-15-5-10-19(30-21(23)24)17(12-15)14-27-22(25-2)26-13-16-6-8-18(9-7-16)28-11-3-4-20(28)29/h5-10,12,21H,3-4,11,13-14H2,1-2H3,(H2,25,26,27). The molecule has 0 unspecified atom stereocenters. The summed E-state index contributed by atoms with van der Waals surface area (Å²) in [5.41, 5.74) is 3.52. The first-order valence-electron chi connectivity index (χ1n) is 9.84. The average Bonchev–Trinajstić information content (AvgIpc) is 3.16. The van der Waals surface area contributed by atoms with Crippen molar-refractivity contribution in [1.82, 2.24) is 10.6 Å². The lowest BCUT2D eigenvalue weighted by molar-refractivity contribution is -0.117. The Labute approximate surface area is 174 Å². The largest absolute Gasteiger partial charge is 0.434 e. The van der Waals surface area contributed by atoms with Gasteiger partial charge in [0.25, 0.3) is 0 Å². The number of aryl methyl sites for hydroxylation is 1. The smallest absolute Gasteiger partial charge is 0.387 e. The normalized spacial score (nSPS) is 14.4. The molecule has 0 aliphatic carbocycles. The van der Waals surface area contributed by atoms with Gasteiger partial charge < -0.3 is 20.3 Å². The van der Waals surface area contributed by atoms with Crippen LogP contribution >= 0.6 is 0 Å². The Morgan fingerprint density at radius 2 is 1.90 bits per heavy atom. The van der Waals surface area contributed by atoms with Crippen LogP contribution in [-0.4, -0.2) is 32.1 Å². The molecule has 2 N–H and O–H groups in total. The minimum atomic E-state index is -2.87. The number of ether oxygens (including phenoxy) is 1. The number of hydrogen-bond acceptors (Lipinski definition) is 3. The molecule has 3 rings (SSSR count). The molecule has 0 aromatic heterocycles. The molecule has 1 saturated heterocycles. The van der Waals surface area contributed by atoms with Crippen LogP contribution in [0.15, 0.2) is 47.5 Å². The highest BCUT2D eigenvalue weighted by Gasteiger charge is 2.21. The number of alkyl halides is 2. The van der Waals surface area contributed by atoms with E-state index in [2.05, 4.69) is 20.4 Å². The number of rotatable bonds is 7. The highest BCUT2D eigenvalue weighted by molar-refractivity contribution is 5.95. The number of halogens is 2.